The molecule has 0 bridgehead atoms. The number of nitrogens with one attached hydrogen (secondary N) is 2. The van der Waals surface area contributed by atoms with Crippen molar-refractivity contribution in [2.45, 2.75) is 31.6 Å². The normalized spacial score (nSPS) is 11.3. The van der Waals surface area contributed by atoms with E-state index < -0.39 is 10.0 Å². The van der Waals surface area contributed by atoms with Crippen LogP contribution in [0.4, 0.5) is 16.6 Å². The van der Waals surface area contributed by atoms with Crippen LogP contribution in [0.1, 0.15) is 25.0 Å². The molecule has 2 heterocycles. The number of carbonyl (C=O) groups is 1. The van der Waals surface area contributed by atoms with Gasteiger partial charge in [0, 0.05) is 32.2 Å². The van der Waals surface area contributed by atoms with E-state index in [-0.39, 0.29) is 16.9 Å². The molecule has 0 spiro atoms. The average Bonchev–Trinajstić information content (AvgIpc) is 2.80. The fourth-order valence-electron chi connectivity index (χ4n) is 3.09. The fourth-order valence-corrected chi connectivity index (χ4v) is 4.05. The number of urea groups is 1. The summed E-state index contributed by atoms with van der Waals surface area (Å²) in [6.07, 6.45) is 6.27. The van der Waals surface area contributed by atoms with E-state index in [0.717, 1.165) is 17.5 Å². The zero-order valence-corrected chi connectivity index (χ0v) is 19.7. The van der Waals surface area contributed by atoms with Gasteiger partial charge >= 0.3 is 6.03 Å². The summed E-state index contributed by atoms with van der Waals surface area (Å²) >= 11 is 0. The summed E-state index contributed by atoms with van der Waals surface area (Å²) in [6.45, 7) is 4.58. The van der Waals surface area contributed by atoms with Crippen LogP contribution < -0.4 is 14.9 Å². The number of amides is 2. The van der Waals surface area contributed by atoms with Crippen LogP contribution in [0.3, 0.4) is 0 Å². The lowest BCUT2D eigenvalue weighted by atomic mass is 10.1. The summed E-state index contributed by atoms with van der Waals surface area (Å²) < 4.78 is 27.7. The number of benzene rings is 1. The van der Waals surface area contributed by atoms with E-state index >= 15 is 0 Å². The lowest BCUT2D eigenvalue weighted by molar-refractivity contribution is 0.247. The van der Waals surface area contributed by atoms with Gasteiger partial charge in [-0.2, -0.15) is 0 Å². The molecule has 174 valence electrons. The van der Waals surface area contributed by atoms with E-state index in [1.165, 1.54) is 17.0 Å². The lowest BCUT2D eigenvalue weighted by Gasteiger charge is -2.16. The van der Waals surface area contributed by atoms with Crippen molar-refractivity contribution in [3.8, 4) is 0 Å². The molecule has 2 aromatic heterocycles. The van der Waals surface area contributed by atoms with E-state index in [9.17, 15) is 13.2 Å². The predicted molar refractivity (Wildman–Crippen MR) is 128 cm³/mol. The molecule has 0 radical (unpaired) electrons. The van der Waals surface area contributed by atoms with Crippen molar-refractivity contribution in [3.63, 3.8) is 0 Å². The van der Waals surface area contributed by atoms with Crippen LogP contribution in [0.15, 0.2) is 66.0 Å². The maximum Gasteiger partial charge on any atom is 0.322 e. The second-order valence-electron chi connectivity index (χ2n) is 7.99. The van der Waals surface area contributed by atoms with E-state index in [2.05, 4.69) is 38.8 Å². The van der Waals surface area contributed by atoms with Crippen LogP contribution >= 0.6 is 0 Å². The van der Waals surface area contributed by atoms with Crippen molar-refractivity contribution >= 4 is 27.8 Å². The second-order valence-corrected chi connectivity index (χ2v) is 9.67. The Bertz CT molecular complexity index is 1150. The second kappa shape index (κ2) is 10.9. The number of hydrogen-bond acceptors (Lipinski definition) is 6. The van der Waals surface area contributed by atoms with Gasteiger partial charge in [0.15, 0.2) is 0 Å². The standard InChI is InChI=1S/C23H28N6O3S/c1-17(2)14-19-15-26-22(27-16-19)28-33(31,32)20-9-7-18(8-10-20)11-13-25-23(30)29(3)21-6-4-5-12-24-21/h4-10,12,15-17H,11,13-14H2,1-3H3,(H,25,30)(H,26,27,28). The molecule has 10 heteroatoms. The van der Waals surface area contributed by atoms with Crippen molar-refractivity contribution in [3.05, 3.63) is 72.2 Å². The molecule has 0 atom stereocenters. The Morgan fingerprint density at radius 3 is 2.30 bits per heavy atom. The van der Waals surface area contributed by atoms with E-state index in [0.29, 0.717) is 24.7 Å². The number of hydrogen-bond donors (Lipinski definition) is 2. The van der Waals surface area contributed by atoms with Crippen molar-refractivity contribution in [1.82, 2.24) is 20.3 Å². The number of anilines is 2. The Hall–Kier alpha value is -3.53. The molecule has 0 aliphatic heterocycles. The summed E-state index contributed by atoms with van der Waals surface area (Å²) in [5.41, 5.74) is 1.85. The third kappa shape index (κ3) is 6.98. The van der Waals surface area contributed by atoms with Gasteiger partial charge in [0.1, 0.15) is 5.82 Å². The van der Waals surface area contributed by atoms with Gasteiger partial charge in [0.2, 0.25) is 5.95 Å². The Balaban J connectivity index is 1.53. The third-order valence-electron chi connectivity index (χ3n) is 4.80. The molecule has 0 aliphatic rings. The Morgan fingerprint density at radius 2 is 1.70 bits per heavy atom. The van der Waals surface area contributed by atoms with Crippen molar-refractivity contribution in [2.24, 2.45) is 5.92 Å². The van der Waals surface area contributed by atoms with Gasteiger partial charge in [0.25, 0.3) is 10.0 Å². The zero-order valence-electron chi connectivity index (χ0n) is 18.9. The minimum absolute atomic E-state index is 0.0336. The lowest BCUT2D eigenvalue weighted by Crippen LogP contribution is -2.38. The van der Waals surface area contributed by atoms with Crippen LogP contribution in [0.2, 0.25) is 0 Å². The highest BCUT2D eigenvalue weighted by atomic mass is 32.2. The molecule has 33 heavy (non-hydrogen) atoms. The van der Waals surface area contributed by atoms with Crippen molar-refractivity contribution in [2.75, 3.05) is 23.2 Å². The predicted octanol–water partition coefficient (Wildman–Crippen LogP) is 3.26. The van der Waals surface area contributed by atoms with Crippen molar-refractivity contribution < 1.29 is 13.2 Å². The number of rotatable bonds is 9. The first-order valence-corrected chi connectivity index (χ1v) is 12.1. The number of carbonyl (C=O) groups excluding carboxylic acids is 1. The molecule has 1 aromatic carbocycles. The van der Waals surface area contributed by atoms with Crippen LogP contribution in [0.5, 0.6) is 0 Å². The maximum absolute atomic E-state index is 12.6. The average molecular weight is 469 g/mol. The third-order valence-corrected chi connectivity index (χ3v) is 6.14. The molecule has 0 saturated carbocycles. The molecule has 0 saturated heterocycles. The summed E-state index contributed by atoms with van der Waals surface area (Å²) in [5, 5.41) is 2.82. The minimum atomic E-state index is -3.80. The van der Waals surface area contributed by atoms with Gasteiger partial charge in [-0.25, -0.2) is 32.9 Å². The maximum atomic E-state index is 12.6. The SMILES string of the molecule is CC(C)Cc1cnc(NS(=O)(=O)c2ccc(CCNC(=O)N(C)c3ccccn3)cc2)nc1. The summed E-state index contributed by atoms with van der Waals surface area (Å²) in [6, 6.07) is 11.6. The fraction of sp³-hybridized carbons (Fsp3) is 0.304. The Kier molecular flexibility index (Phi) is 7.94. The van der Waals surface area contributed by atoms with E-state index in [4.69, 9.17) is 0 Å². The largest absolute Gasteiger partial charge is 0.337 e. The topological polar surface area (TPSA) is 117 Å². The molecule has 0 aliphatic carbocycles. The molecule has 2 N–H and O–H groups in total. The molecule has 3 aromatic rings. The van der Waals surface area contributed by atoms with Gasteiger partial charge in [-0.1, -0.05) is 32.0 Å². The summed E-state index contributed by atoms with van der Waals surface area (Å²) in [4.78, 5) is 26.1. The highest BCUT2D eigenvalue weighted by Crippen LogP contribution is 2.15. The van der Waals surface area contributed by atoms with Crippen molar-refractivity contribution in [1.29, 1.82) is 0 Å². The van der Waals surface area contributed by atoms with Crippen LogP contribution in [-0.2, 0) is 22.9 Å². The van der Waals surface area contributed by atoms with Crippen LogP contribution in [-0.4, -0.2) is 43.0 Å². The minimum Gasteiger partial charge on any atom is -0.337 e. The summed E-state index contributed by atoms with van der Waals surface area (Å²) in [5.74, 6) is 1.05. The highest BCUT2D eigenvalue weighted by molar-refractivity contribution is 7.92. The smallest absolute Gasteiger partial charge is 0.322 e. The van der Waals surface area contributed by atoms with E-state index in [1.54, 1.807) is 49.9 Å². The molecule has 2 amide bonds. The zero-order chi connectivity index (χ0) is 23.8. The molecule has 0 fully saturated rings. The summed E-state index contributed by atoms with van der Waals surface area (Å²) in [7, 11) is -2.16. The Morgan fingerprint density at radius 1 is 1.00 bits per heavy atom. The first-order valence-electron chi connectivity index (χ1n) is 10.6. The van der Waals surface area contributed by atoms with Gasteiger partial charge in [0.05, 0.1) is 4.90 Å². The van der Waals surface area contributed by atoms with Gasteiger partial charge in [-0.15, -0.1) is 0 Å². The monoisotopic (exact) mass is 468 g/mol. The molecule has 3 rings (SSSR count). The van der Waals surface area contributed by atoms with Gasteiger partial charge in [-0.3, -0.25) is 4.90 Å². The van der Waals surface area contributed by atoms with Crippen LogP contribution in [0, 0.1) is 5.92 Å². The molecule has 0 unspecified atom stereocenters. The Labute approximate surface area is 194 Å². The quantitative estimate of drug-likeness (QED) is 0.498. The number of sulfonamides is 1. The van der Waals surface area contributed by atoms with Gasteiger partial charge in [-0.05, 0) is 54.2 Å². The number of pyridine rings is 1. The number of aromatic nitrogens is 3. The van der Waals surface area contributed by atoms with Crippen LogP contribution in [0.25, 0.3) is 0 Å². The number of nitrogens with zero attached hydrogens (tertiary/aromatic N) is 4. The molecular weight excluding hydrogens is 440 g/mol. The molecular formula is C23H28N6O3S. The van der Waals surface area contributed by atoms with Gasteiger partial charge < -0.3 is 5.32 Å². The van der Waals surface area contributed by atoms with E-state index in [1.807, 2.05) is 6.07 Å². The molecule has 9 nitrogen and oxygen atoms in total. The first kappa shape index (κ1) is 24.1. The highest BCUT2D eigenvalue weighted by Gasteiger charge is 2.16. The first-order chi connectivity index (χ1) is 15.7.